The molecular weight excluding hydrogens is 353 g/mol. The van der Waals surface area contributed by atoms with E-state index in [-0.39, 0.29) is 0 Å². The molecule has 4 N–H and O–H groups in total. The molecule has 0 saturated heterocycles. The molecule has 3 aromatic rings. The second-order valence-electron chi connectivity index (χ2n) is 6.16. The van der Waals surface area contributed by atoms with Crippen LogP contribution in [0.5, 0.6) is 0 Å². The molecule has 0 spiro atoms. The van der Waals surface area contributed by atoms with Gasteiger partial charge in [0.2, 0.25) is 0 Å². The van der Waals surface area contributed by atoms with Gasteiger partial charge in [0.1, 0.15) is 5.82 Å². The van der Waals surface area contributed by atoms with E-state index in [0.29, 0.717) is 22.4 Å². The Morgan fingerprint density at radius 1 is 1.00 bits per heavy atom. The highest BCUT2D eigenvalue weighted by Crippen LogP contribution is 2.43. The van der Waals surface area contributed by atoms with Crippen LogP contribution in [0.25, 0.3) is 22.4 Å². The first-order chi connectivity index (χ1) is 12.1. The Hall–Kier alpha value is -2.07. The summed E-state index contributed by atoms with van der Waals surface area (Å²) in [4.78, 5) is 4.69. The average Bonchev–Trinajstić information content (AvgIpc) is 2.61. The largest absolute Gasteiger partial charge is 0.383 e. The topological polar surface area (TPSA) is 64.9 Å². The van der Waals surface area contributed by atoms with E-state index in [2.05, 4.69) is 23.2 Å². The number of halogens is 2. The molecule has 3 nitrogen and oxygen atoms in total. The molecule has 126 valence electrons. The van der Waals surface area contributed by atoms with Crippen LogP contribution in [0.4, 0.5) is 5.82 Å². The molecule has 25 heavy (non-hydrogen) atoms. The Bertz CT molecular complexity index is 983. The number of nitrogens with two attached hydrogens (primary N) is 2. The summed E-state index contributed by atoms with van der Waals surface area (Å²) in [6, 6.07) is 13.8. The number of aromatic nitrogens is 1. The zero-order valence-corrected chi connectivity index (χ0v) is 15.0. The van der Waals surface area contributed by atoms with Crippen molar-refractivity contribution in [1.29, 1.82) is 0 Å². The molecule has 0 amide bonds. The van der Waals surface area contributed by atoms with Gasteiger partial charge in [-0.2, -0.15) is 0 Å². The van der Waals surface area contributed by atoms with Crippen molar-refractivity contribution in [3.63, 3.8) is 0 Å². The molecule has 0 saturated carbocycles. The van der Waals surface area contributed by atoms with Gasteiger partial charge in [-0.15, -0.1) is 0 Å². The zero-order chi connectivity index (χ0) is 17.6. The van der Waals surface area contributed by atoms with E-state index in [1.165, 1.54) is 5.56 Å². The first-order valence-electron chi connectivity index (χ1n) is 8.15. The van der Waals surface area contributed by atoms with Crippen molar-refractivity contribution in [2.75, 3.05) is 5.73 Å². The normalized spacial score (nSPS) is 12.6. The third-order valence-electron chi connectivity index (χ3n) is 4.75. The van der Waals surface area contributed by atoms with E-state index in [0.717, 1.165) is 46.4 Å². The molecule has 0 radical (unpaired) electrons. The van der Waals surface area contributed by atoms with E-state index in [1.54, 1.807) is 6.07 Å². The first-order valence-corrected chi connectivity index (χ1v) is 8.90. The van der Waals surface area contributed by atoms with Gasteiger partial charge in [-0.25, -0.2) is 4.98 Å². The van der Waals surface area contributed by atoms with Gasteiger partial charge in [0.25, 0.3) is 0 Å². The van der Waals surface area contributed by atoms with Gasteiger partial charge in [-0.3, -0.25) is 0 Å². The standard InChI is InChI=1S/C20H17Cl2N3/c21-12-6-8-14(17(22)9-12)18-15-7-5-11-3-1-2-4-13(11)19(15)25-20(24)16(18)10-23/h1-4,6,8-9H,5,7,10,23H2,(H2,24,25). The highest BCUT2D eigenvalue weighted by Gasteiger charge is 2.25. The van der Waals surface area contributed by atoms with Crippen LogP contribution in [-0.2, 0) is 19.4 Å². The van der Waals surface area contributed by atoms with E-state index >= 15 is 0 Å². The molecule has 5 heteroatoms. The first kappa shape index (κ1) is 16.4. The van der Waals surface area contributed by atoms with Gasteiger partial charge in [0, 0.05) is 33.3 Å². The summed E-state index contributed by atoms with van der Waals surface area (Å²) in [5.74, 6) is 0.457. The molecule has 1 aliphatic rings. The minimum atomic E-state index is 0.308. The van der Waals surface area contributed by atoms with Crippen molar-refractivity contribution in [2.45, 2.75) is 19.4 Å². The van der Waals surface area contributed by atoms with Crippen LogP contribution in [0.15, 0.2) is 42.5 Å². The average molecular weight is 370 g/mol. The van der Waals surface area contributed by atoms with Crippen molar-refractivity contribution in [2.24, 2.45) is 5.73 Å². The number of hydrogen-bond acceptors (Lipinski definition) is 3. The molecule has 0 fully saturated rings. The highest BCUT2D eigenvalue weighted by molar-refractivity contribution is 6.36. The second-order valence-corrected chi connectivity index (χ2v) is 7.01. The summed E-state index contributed by atoms with van der Waals surface area (Å²) >= 11 is 12.6. The van der Waals surface area contributed by atoms with E-state index in [9.17, 15) is 0 Å². The number of aryl methyl sites for hydroxylation is 1. The molecule has 1 heterocycles. The van der Waals surface area contributed by atoms with Crippen molar-refractivity contribution in [3.05, 3.63) is 69.2 Å². The predicted octanol–water partition coefficient (Wildman–Crippen LogP) is 4.86. The number of benzene rings is 2. The third-order valence-corrected chi connectivity index (χ3v) is 5.30. The van der Waals surface area contributed by atoms with Crippen LogP contribution >= 0.6 is 23.2 Å². The van der Waals surface area contributed by atoms with Crippen molar-refractivity contribution >= 4 is 29.0 Å². The minimum Gasteiger partial charge on any atom is -0.383 e. The summed E-state index contributed by atoms with van der Waals surface area (Å²) in [7, 11) is 0. The number of nitrogen functional groups attached to an aromatic ring is 1. The van der Waals surface area contributed by atoms with Crippen molar-refractivity contribution in [1.82, 2.24) is 4.98 Å². The van der Waals surface area contributed by atoms with E-state index in [4.69, 9.17) is 34.7 Å². The maximum absolute atomic E-state index is 6.50. The monoisotopic (exact) mass is 369 g/mol. The molecule has 1 aliphatic carbocycles. The summed E-state index contributed by atoms with van der Waals surface area (Å²) in [6.07, 6.45) is 1.83. The molecule has 1 aromatic heterocycles. The summed E-state index contributed by atoms with van der Waals surface area (Å²) < 4.78 is 0. The number of hydrogen-bond donors (Lipinski definition) is 2. The van der Waals surface area contributed by atoms with E-state index < -0.39 is 0 Å². The van der Waals surface area contributed by atoms with Crippen LogP contribution < -0.4 is 11.5 Å². The Morgan fingerprint density at radius 2 is 1.80 bits per heavy atom. The number of rotatable bonds is 2. The van der Waals surface area contributed by atoms with Crippen LogP contribution in [-0.4, -0.2) is 4.98 Å². The summed E-state index contributed by atoms with van der Waals surface area (Å²) in [6.45, 7) is 0.308. The highest BCUT2D eigenvalue weighted by atomic mass is 35.5. The van der Waals surface area contributed by atoms with Gasteiger partial charge in [-0.1, -0.05) is 53.5 Å². The van der Waals surface area contributed by atoms with Crippen LogP contribution in [0.3, 0.4) is 0 Å². The Labute approximate surface area is 156 Å². The number of anilines is 1. The lowest BCUT2D eigenvalue weighted by Gasteiger charge is -2.25. The van der Waals surface area contributed by atoms with E-state index in [1.807, 2.05) is 18.2 Å². The number of pyridine rings is 1. The molecule has 0 unspecified atom stereocenters. The molecule has 0 bridgehead atoms. The molecule has 0 atom stereocenters. The van der Waals surface area contributed by atoms with Crippen LogP contribution in [0.2, 0.25) is 10.0 Å². The van der Waals surface area contributed by atoms with Gasteiger partial charge >= 0.3 is 0 Å². The Kier molecular flexibility index (Phi) is 4.16. The Morgan fingerprint density at radius 3 is 2.56 bits per heavy atom. The number of fused-ring (bicyclic) bond motifs is 3. The van der Waals surface area contributed by atoms with Crippen LogP contribution in [0.1, 0.15) is 16.7 Å². The maximum Gasteiger partial charge on any atom is 0.129 e. The lowest BCUT2D eigenvalue weighted by molar-refractivity contribution is 0.920. The van der Waals surface area contributed by atoms with Crippen molar-refractivity contribution < 1.29 is 0 Å². The maximum atomic E-state index is 6.50. The van der Waals surface area contributed by atoms with Gasteiger partial charge in [0.15, 0.2) is 0 Å². The fourth-order valence-corrected chi connectivity index (χ4v) is 4.11. The quantitative estimate of drug-likeness (QED) is 0.677. The minimum absolute atomic E-state index is 0.308. The second kappa shape index (κ2) is 6.34. The lowest BCUT2D eigenvalue weighted by atomic mass is 9.83. The fraction of sp³-hybridized carbons (Fsp3) is 0.150. The van der Waals surface area contributed by atoms with Crippen LogP contribution in [0, 0.1) is 0 Å². The van der Waals surface area contributed by atoms with Gasteiger partial charge in [-0.05, 0) is 41.7 Å². The third kappa shape index (κ3) is 2.69. The molecule has 0 aliphatic heterocycles. The molecule has 2 aromatic carbocycles. The SMILES string of the molecule is NCc1c(N)nc2c(c1-c1ccc(Cl)cc1Cl)CCc1ccccc1-2. The predicted molar refractivity (Wildman–Crippen MR) is 105 cm³/mol. The number of nitrogens with zero attached hydrogens (tertiary/aromatic N) is 1. The lowest BCUT2D eigenvalue weighted by Crippen LogP contribution is -2.14. The zero-order valence-electron chi connectivity index (χ0n) is 13.5. The van der Waals surface area contributed by atoms with Gasteiger partial charge < -0.3 is 11.5 Å². The Balaban J connectivity index is 2.06. The summed E-state index contributed by atoms with van der Waals surface area (Å²) in [5.41, 5.74) is 19.5. The van der Waals surface area contributed by atoms with Gasteiger partial charge in [0.05, 0.1) is 5.69 Å². The molecule has 4 rings (SSSR count). The molecular formula is C20H17Cl2N3. The summed E-state index contributed by atoms with van der Waals surface area (Å²) in [5, 5.41) is 1.19. The van der Waals surface area contributed by atoms with Crippen molar-refractivity contribution in [3.8, 4) is 22.4 Å². The smallest absolute Gasteiger partial charge is 0.129 e. The fourth-order valence-electron chi connectivity index (χ4n) is 3.60.